The van der Waals surface area contributed by atoms with Gasteiger partial charge in [0.05, 0.1) is 0 Å². The molecule has 0 aliphatic heterocycles. The predicted octanol–water partition coefficient (Wildman–Crippen LogP) is -1.80. The summed E-state index contributed by atoms with van der Waals surface area (Å²) in [5.41, 5.74) is 0. The Kier molecular flexibility index (Phi) is 355. The van der Waals surface area contributed by atoms with Crippen LogP contribution in [-0.4, -0.2) is 6.16 Å². The summed E-state index contributed by atoms with van der Waals surface area (Å²) in [5.74, 6) is 0. The molecule has 0 fully saturated rings. The maximum atomic E-state index is 8.33. The Morgan fingerprint density at radius 3 is 0.889 bits per heavy atom. The molecule has 7 nitrogen and oxygen atoms in total. The Hall–Kier alpha value is -0.228. The van der Waals surface area contributed by atoms with Crippen molar-refractivity contribution in [3.8, 4) is 0 Å². The molecule has 0 aromatic carbocycles. The number of rotatable bonds is 0. The quantitative estimate of drug-likeness (QED) is 0.353. The van der Waals surface area contributed by atoms with Crippen LogP contribution in [-0.2, 0) is 20.4 Å². The topological polar surface area (TPSA) is 203 Å². The van der Waals surface area contributed by atoms with Gasteiger partial charge in [0.2, 0.25) is 0 Å². The Balaban J connectivity index is -0.00000000450. The summed E-state index contributed by atoms with van der Waals surface area (Å²) >= 11 is 0. The Bertz CT molecular complexity index is 38.8. The normalized spacial score (nSPS) is 2.67. The first-order chi connectivity index (χ1) is 1.73. The van der Waals surface area contributed by atoms with Gasteiger partial charge in [-0.25, -0.2) is 0 Å². The van der Waals surface area contributed by atoms with Crippen molar-refractivity contribution in [2.45, 2.75) is 0 Å². The number of hydrogen-bond donors (Lipinski definition) is 4. The van der Waals surface area contributed by atoms with Gasteiger partial charge in [-0.15, -0.1) is 0 Å². The van der Waals surface area contributed by atoms with E-state index in [0.29, 0.717) is 0 Å². The minimum Gasteiger partial charge on any atom is -0.652 e. The molecule has 8 heteroatoms. The second-order valence-electron chi connectivity index (χ2n) is 0.250. The minimum atomic E-state index is -2.33. The van der Waals surface area contributed by atoms with Gasteiger partial charge in [0.25, 0.3) is 0 Å². The molecule has 0 heterocycles. The fourth-order valence-corrected chi connectivity index (χ4v) is 0. The number of hydrogen-bond acceptors (Lipinski definition) is 7. The van der Waals surface area contributed by atoms with E-state index in [0.717, 1.165) is 0 Å². The molecule has 12 N–H and O–H groups in total. The summed E-state index contributed by atoms with van der Waals surface area (Å²) in [6.45, 7) is 0. The van der Waals surface area contributed by atoms with Crippen molar-refractivity contribution in [3.63, 3.8) is 0 Å². The van der Waals surface area contributed by atoms with E-state index >= 15 is 0 Å². The van der Waals surface area contributed by atoms with Gasteiger partial charge < -0.3 is 39.6 Å². The van der Waals surface area contributed by atoms with Gasteiger partial charge in [0.1, 0.15) is 0 Å². The average Bonchev–Trinajstić information content (AvgIpc) is 0.811. The van der Waals surface area contributed by atoms with Gasteiger partial charge >= 0.3 is 20.4 Å². The first-order valence-corrected chi connectivity index (χ1v) is 0.612. The molecule has 0 rings (SSSR count). The molecule has 0 saturated heterocycles. The van der Waals surface area contributed by atoms with Gasteiger partial charge in [0.15, 0.2) is 0 Å². The summed E-state index contributed by atoms with van der Waals surface area (Å²) in [6, 6.07) is 0. The van der Waals surface area contributed by atoms with Crippen LogP contribution in [0.5, 0.6) is 0 Å². The average molecular weight is 235 g/mol. The van der Waals surface area contributed by atoms with Crippen molar-refractivity contribution in [1.82, 2.24) is 24.6 Å². The van der Waals surface area contributed by atoms with E-state index in [9.17, 15) is 0 Å². The SMILES string of the molecule is N.N.N.N.O=C([O-])[O-].[Pd+2]. The first-order valence-electron chi connectivity index (χ1n) is 0.612. The zero-order chi connectivity index (χ0) is 3.58. The maximum absolute atomic E-state index is 8.33. The van der Waals surface area contributed by atoms with Crippen LogP contribution in [0.1, 0.15) is 0 Å². The summed E-state index contributed by atoms with van der Waals surface area (Å²) in [5, 5.41) is 16.7. The van der Waals surface area contributed by atoms with Crippen LogP contribution in [0.2, 0.25) is 0 Å². The van der Waals surface area contributed by atoms with E-state index in [1.165, 1.54) is 0 Å². The van der Waals surface area contributed by atoms with E-state index in [-0.39, 0.29) is 45.0 Å². The second kappa shape index (κ2) is 46.4. The standard InChI is InChI=1S/CH2O3.4H3N.Pd/c2-1(3)4;;;;;/h(H2,2,3,4);4*1H3;/q;;;;;+2/p-2. The predicted molar refractivity (Wildman–Crippen MR) is 25.5 cm³/mol. The maximum Gasteiger partial charge on any atom is 2.00 e. The molecule has 9 heavy (non-hydrogen) atoms. The Labute approximate surface area is 66.8 Å². The molecular weight excluding hydrogens is 222 g/mol. The van der Waals surface area contributed by atoms with Crippen molar-refractivity contribution >= 4 is 6.16 Å². The molecule has 0 aliphatic rings. The van der Waals surface area contributed by atoms with Crippen molar-refractivity contribution in [2.75, 3.05) is 0 Å². The third kappa shape index (κ3) is 5000. The molecule has 0 amide bonds. The van der Waals surface area contributed by atoms with E-state index < -0.39 is 6.16 Å². The van der Waals surface area contributed by atoms with Gasteiger partial charge in [-0.3, -0.25) is 0 Å². The number of carbonyl (C=O) groups is 1. The van der Waals surface area contributed by atoms with Gasteiger partial charge in [0, 0.05) is 0 Å². The molecule has 0 atom stereocenters. The molecule has 0 aromatic rings. The smallest absolute Gasteiger partial charge is 0.652 e. The second-order valence-corrected chi connectivity index (χ2v) is 0.250. The number of carbonyl (C=O) groups excluding carboxylic acids is 1. The summed E-state index contributed by atoms with van der Waals surface area (Å²) in [6.07, 6.45) is -2.33. The number of carboxylic acid groups (broad SMARTS) is 2. The van der Waals surface area contributed by atoms with Crippen LogP contribution < -0.4 is 34.8 Å². The molecular formula is CH12N4O3Pd. The first kappa shape index (κ1) is 68.9. The zero-order valence-corrected chi connectivity index (χ0v) is 6.42. The van der Waals surface area contributed by atoms with Crippen molar-refractivity contribution in [2.24, 2.45) is 0 Å². The van der Waals surface area contributed by atoms with Crippen LogP contribution >= 0.6 is 0 Å². The van der Waals surface area contributed by atoms with E-state index in [1.807, 2.05) is 0 Å². The fraction of sp³-hybridized carbons (Fsp3) is 0. The Morgan fingerprint density at radius 1 is 0.889 bits per heavy atom. The van der Waals surface area contributed by atoms with Crippen molar-refractivity contribution in [1.29, 1.82) is 0 Å². The summed E-state index contributed by atoms with van der Waals surface area (Å²) in [4.78, 5) is 8.33. The van der Waals surface area contributed by atoms with Crippen LogP contribution in [0.25, 0.3) is 0 Å². The van der Waals surface area contributed by atoms with Crippen LogP contribution in [0.15, 0.2) is 0 Å². The molecule has 0 spiro atoms. The fourth-order valence-electron chi connectivity index (χ4n) is 0. The largest absolute Gasteiger partial charge is 2.00 e. The summed E-state index contributed by atoms with van der Waals surface area (Å²) in [7, 11) is 0. The van der Waals surface area contributed by atoms with Gasteiger partial charge in [-0.2, -0.15) is 0 Å². The molecule has 0 bridgehead atoms. The van der Waals surface area contributed by atoms with Crippen LogP contribution in [0.4, 0.5) is 4.79 Å². The van der Waals surface area contributed by atoms with Gasteiger partial charge in [-0.05, 0) is 6.16 Å². The minimum absolute atomic E-state index is 0. The third-order valence-corrected chi connectivity index (χ3v) is 0. The monoisotopic (exact) mass is 234 g/mol. The zero-order valence-electron chi connectivity index (χ0n) is 4.87. The van der Waals surface area contributed by atoms with E-state index in [4.69, 9.17) is 15.0 Å². The van der Waals surface area contributed by atoms with Gasteiger partial charge in [-0.1, -0.05) is 0 Å². The van der Waals surface area contributed by atoms with Crippen molar-refractivity contribution in [3.05, 3.63) is 0 Å². The van der Waals surface area contributed by atoms with E-state index in [2.05, 4.69) is 0 Å². The Morgan fingerprint density at radius 2 is 0.889 bits per heavy atom. The molecule has 0 unspecified atom stereocenters. The van der Waals surface area contributed by atoms with Crippen LogP contribution in [0, 0.1) is 0 Å². The molecule has 0 aliphatic carbocycles. The molecule has 0 radical (unpaired) electrons. The van der Waals surface area contributed by atoms with Crippen molar-refractivity contribution < 1.29 is 35.4 Å². The molecule has 64 valence electrons. The molecule has 0 saturated carbocycles. The summed E-state index contributed by atoms with van der Waals surface area (Å²) < 4.78 is 0. The molecule has 0 aromatic heterocycles. The van der Waals surface area contributed by atoms with E-state index in [1.54, 1.807) is 0 Å². The third-order valence-electron chi connectivity index (χ3n) is 0. The van der Waals surface area contributed by atoms with Crippen LogP contribution in [0.3, 0.4) is 0 Å².